The molecule has 1 unspecified atom stereocenters. The summed E-state index contributed by atoms with van der Waals surface area (Å²) in [6.45, 7) is 1.55. The second-order valence-corrected chi connectivity index (χ2v) is 4.56. The fourth-order valence-electron chi connectivity index (χ4n) is 2.17. The molecule has 0 bridgehead atoms. The highest BCUT2D eigenvalue weighted by molar-refractivity contribution is 6.33. The Morgan fingerprint density at radius 3 is 2.81 bits per heavy atom. The molecule has 1 aromatic carbocycles. The van der Waals surface area contributed by atoms with Gasteiger partial charge in [-0.1, -0.05) is 17.7 Å². The Labute approximate surface area is 98.7 Å². The normalized spacial score (nSPS) is 15.9. The SMILES string of the molecule is CC(C(=O)O)c1cc2c(c(Cl)c1O)CCC2. The van der Waals surface area contributed by atoms with Crippen molar-refractivity contribution in [1.29, 1.82) is 0 Å². The van der Waals surface area contributed by atoms with Crippen LogP contribution in [-0.4, -0.2) is 16.2 Å². The van der Waals surface area contributed by atoms with Gasteiger partial charge in [-0.2, -0.15) is 0 Å². The lowest BCUT2D eigenvalue weighted by atomic mass is 9.96. The predicted octanol–water partition coefficient (Wildman–Crippen LogP) is 2.72. The lowest BCUT2D eigenvalue weighted by Crippen LogP contribution is -2.08. The third kappa shape index (κ3) is 1.65. The quantitative estimate of drug-likeness (QED) is 0.836. The number of aromatic hydroxyl groups is 1. The number of phenolic OH excluding ortho intramolecular Hbond substituents is 1. The maximum atomic E-state index is 10.9. The molecule has 1 aromatic rings. The van der Waals surface area contributed by atoms with Crippen molar-refractivity contribution < 1.29 is 15.0 Å². The van der Waals surface area contributed by atoms with Crippen LogP contribution in [0.2, 0.25) is 5.02 Å². The first kappa shape index (κ1) is 11.3. The summed E-state index contributed by atoms with van der Waals surface area (Å²) in [6, 6.07) is 1.78. The van der Waals surface area contributed by atoms with E-state index in [1.54, 1.807) is 13.0 Å². The van der Waals surface area contributed by atoms with E-state index < -0.39 is 11.9 Å². The van der Waals surface area contributed by atoms with E-state index in [2.05, 4.69) is 0 Å². The zero-order chi connectivity index (χ0) is 11.9. The van der Waals surface area contributed by atoms with Crippen LogP contribution >= 0.6 is 11.6 Å². The Morgan fingerprint density at radius 1 is 1.50 bits per heavy atom. The van der Waals surface area contributed by atoms with Crippen molar-refractivity contribution in [1.82, 2.24) is 0 Å². The fraction of sp³-hybridized carbons (Fsp3) is 0.417. The second kappa shape index (κ2) is 3.98. The molecule has 16 heavy (non-hydrogen) atoms. The van der Waals surface area contributed by atoms with Gasteiger partial charge in [-0.15, -0.1) is 0 Å². The number of hydrogen-bond acceptors (Lipinski definition) is 2. The first-order chi connectivity index (χ1) is 7.52. The lowest BCUT2D eigenvalue weighted by Gasteiger charge is -2.13. The summed E-state index contributed by atoms with van der Waals surface area (Å²) in [4.78, 5) is 10.9. The molecule has 0 radical (unpaired) electrons. The van der Waals surface area contributed by atoms with Gasteiger partial charge in [0.25, 0.3) is 0 Å². The lowest BCUT2D eigenvalue weighted by molar-refractivity contribution is -0.138. The third-order valence-corrected chi connectivity index (χ3v) is 3.58. The number of carboxylic acids is 1. The Balaban J connectivity index is 2.56. The summed E-state index contributed by atoms with van der Waals surface area (Å²) in [5, 5.41) is 19.2. The van der Waals surface area contributed by atoms with Gasteiger partial charge >= 0.3 is 5.97 Å². The number of carboxylic acid groups (broad SMARTS) is 1. The number of aliphatic carboxylic acids is 1. The van der Waals surface area contributed by atoms with Gasteiger partial charge in [0.1, 0.15) is 5.75 Å². The van der Waals surface area contributed by atoms with E-state index in [1.165, 1.54) is 0 Å². The number of fused-ring (bicyclic) bond motifs is 1. The van der Waals surface area contributed by atoms with Crippen LogP contribution < -0.4 is 0 Å². The van der Waals surface area contributed by atoms with Crippen molar-refractivity contribution in [2.24, 2.45) is 0 Å². The molecule has 0 amide bonds. The average molecular weight is 241 g/mol. The van der Waals surface area contributed by atoms with Crippen LogP contribution in [0.25, 0.3) is 0 Å². The summed E-state index contributed by atoms with van der Waals surface area (Å²) < 4.78 is 0. The number of benzene rings is 1. The molecule has 0 saturated heterocycles. The number of aryl methyl sites for hydroxylation is 1. The summed E-state index contributed by atoms with van der Waals surface area (Å²) in [5.41, 5.74) is 2.46. The summed E-state index contributed by atoms with van der Waals surface area (Å²) in [6.07, 6.45) is 2.79. The van der Waals surface area contributed by atoms with E-state index in [0.717, 1.165) is 30.4 Å². The minimum absolute atomic E-state index is 0.0720. The molecule has 86 valence electrons. The zero-order valence-electron chi connectivity index (χ0n) is 8.96. The highest BCUT2D eigenvalue weighted by Crippen LogP contribution is 2.40. The Hall–Kier alpha value is -1.22. The minimum Gasteiger partial charge on any atom is -0.506 e. The van der Waals surface area contributed by atoms with E-state index in [0.29, 0.717) is 10.6 Å². The van der Waals surface area contributed by atoms with E-state index in [9.17, 15) is 9.90 Å². The smallest absolute Gasteiger partial charge is 0.310 e. The van der Waals surface area contributed by atoms with E-state index in [4.69, 9.17) is 16.7 Å². The molecule has 0 aliphatic heterocycles. The van der Waals surface area contributed by atoms with E-state index >= 15 is 0 Å². The average Bonchev–Trinajstić information content (AvgIpc) is 2.70. The molecule has 0 heterocycles. The van der Waals surface area contributed by atoms with Gasteiger partial charge in [-0.05, 0) is 37.3 Å². The van der Waals surface area contributed by atoms with Gasteiger partial charge in [0.15, 0.2) is 0 Å². The van der Waals surface area contributed by atoms with Gasteiger partial charge < -0.3 is 10.2 Å². The molecule has 1 atom stereocenters. The van der Waals surface area contributed by atoms with Crippen LogP contribution in [-0.2, 0) is 17.6 Å². The summed E-state index contributed by atoms with van der Waals surface area (Å²) >= 11 is 6.05. The van der Waals surface area contributed by atoms with Gasteiger partial charge in [-0.3, -0.25) is 4.79 Å². The highest BCUT2D eigenvalue weighted by atomic mass is 35.5. The monoisotopic (exact) mass is 240 g/mol. The molecule has 3 nitrogen and oxygen atoms in total. The van der Waals surface area contributed by atoms with E-state index in [-0.39, 0.29) is 5.75 Å². The molecule has 4 heteroatoms. The summed E-state index contributed by atoms with van der Waals surface area (Å²) in [7, 11) is 0. The van der Waals surface area contributed by atoms with Crippen molar-refractivity contribution in [2.45, 2.75) is 32.1 Å². The van der Waals surface area contributed by atoms with Crippen molar-refractivity contribution in [3.8, 4) is 5.75 Å². The molecular formula is C12H13ClO3. The van der Waals surface area contributed by atoms with Gasteiger partial charge in [-0.25, -0.2) is 0 Å². The van der Waals surface area contributed by atoms with Crippen LogP contribution in [0.5, 0.6) is 5.75 Å². The standard InChI is InChI=1S/C12H13ClO3/c1-6(12(15)16)9-5-7-3-2-4-8(7)10(13)11(9)14/h5-6,14H,2-4H2,1H3,(H,15,16). The number of phenols is 1. The zero-order valence-corrected chi connectivity index (χ0v) is 9.71. The highest BCUT2D eigenvalue weighted by Gasteiger charge is 2.25. The van der Waals surface area contributed by atoms with Crippen molar-refractivity contribution in [3.05, 3.63) is 27.8 Å². The maximum absolute atomic E-state index is 10.9. The summed E-state index contributed by atoms with van der Waals surface area (Å²) in [5.74, 6) is -1.76. The molecule has 1 aliphatic carbocycles. The largest absolute Gasteiger partial charge is 0.506 e. The van der Waals surface area contributed by atoms with E-state index in [1.807, 2.05) is 0 Å². The number of halogens is 1. The minimum atomic E-state index is -0.954. The second-order valence-electron chi connectivity index (χ2n) is 4.18. The Kier molecular flexibility index (Phi) is 2.80. The van der Waals surface area contributed by atoms with Gasteiger partial charge in [0, 0.05) is 5.56 Å². The molecule has 1 aliphatic rings. The van der Waals surface area contributed by atoms with Gasteiger partial charge in [0.05, 0.1) is 10.9 Å². The van der Waals surface area contributed by atoms with Gasteiger partial charge in [0.2, 0.25) is 0 Å². The van der Waals surface area contributed by atoms with Crippen LogP contribution in [0.1, 0.15) is 36.0 Å². The molecule has 0 spiro atoms. The molecule has 2 rings (SSSR count). The van der Waals surface area contributed by atoms with Crippen molar-refractivity contribution >= 4 is 17.6 Å². The van der Waals surface area contributed by atoms with Crippen LogP contribution in [0.3, 0.4) is 0 Å². The first-order valence-electron chi connectivity index (χ1n) is 5.28. The number of carbonyl (C=O) groups is 1. The maximum Gasteiger partial charge on any atom is 0.310 e. The molecule has 0 fully saturated rings. The van der Waals surface area contributed by atoms with Crippen LogP contribution in [0.15, 0.2) is 6.07 Å². The topological polar surface area (TPSA) is 57.5 Å². The third-order valence-electron chi connectivity index (χ3n) is 3.17. The van der Waals surface area contributed by atoms with Crippen molar-refractivity contribution in [3.63, 3.8) is 0 Å². The van der Waals surface area contributed by atoms with Crippen LogP contribution in [0.4, 0.5) is 0 Å². The Morgan fingerprint density at radius 2 is 2.19 bits per heavy atom. The molecule has 2 N–H and O–H groups in total. The fourth-order valence-corrected chi connectivity index (χ4v) is 2.49. The van der Waals surface area contributed by atoms with Crippen LogP contribution in [0, 0.1) is 0 Å². The Bertz CT molecular complexity index is 454. The van der Waals surface area contributed by atoms with Crippen molar-refractivity contribution in [2.75, 3.05) is 0 Å². The molecule has 0 saturated carbocycles. The molecule has 0 aromatic heterocycles. The molecular weight excluding hydrogens is 228 g/mol. The number of hydrogen-bond donors (Lipinski definition) is 2. The first-order valence-corrected chi connectivity index (χ1v) is 5.66. The predicted molar refractivity (Wildman–Crippen MR) is 61.2 cm³/mol. The number of rotatable bonds is 2.